The predicted molar refractivity (Wildman–Crippen MR) is 73.9 cm³/mol. The molecule has 1 aliphatic rings. The van der Waals surface area contributed by atoms with Crippen molar-refractivity contribution in [3.05, 3.63) is 30.1 Å². The Morgan fingerprint density at radius 1 is 1.35 bits per heavy atom. The van der Waals surface area contributed by atoms with E-state index in [2.05, 4.69) is 9.97 Å². The van der Waals surface area contributed by atoms with Crippen LogP contribution in [0.2, 0.25) is 0 Å². The molecule has 6 heteroatoms. The van der Waals surface area contributed by atoms with Crippen molar-refractivity contribution in [1.82, 2.24) is 14.9 Å². The number of primary amides is 1. The van der Waals surface area contributed by atoms with Crippen LogP contribution in [0.3, 0.4) is 0 Å². The molecule has 104 valence electrons. The van der Waals surface area contributed by atoms with Gasteiger partial charge in [0.05, 0.1) is 11.0 Å². The van der Waals surface area contributed by atoms with Gasteiger partial charge in [-0.1, -0.05) is 0 Å². The molecule has 0 spiro atoms. The number of rotatable bonds is 2. The maximum Gasteiger partial charge on any atom is 0.270 e. The first-order valence-corrected chi connectivity index (χ1v) is 6.67. The Hall–Kier alpha value is -2.37. The number of carbonyl (C=O) groups is 2. The summed E-state index contributed by atoms with van der Waals surface area (Å²) < 4.78 is 0. The van der Waals surface area contributed by atoms with E-state index in [4.69, 9.17) is 5.73 Å². The van der Waals surface area contributed by atoms with Gasteiger partial charge in [0.25, 0.3) is 5.91 Å². The fraction of sp³-hybridized carbons (Fsp3) is 0.357. The molecule has 1 fully saturated rings. The lowest BCUT2D eigenvalue weighted by Gasteiger charge is -2.30. The van der Waals surface area contributed by atoms with Crippen molar-refractivity contribution >= 4 is 22.8 Å². The van der Waals surface area contributed by atoms with Crippen LogP contribution in [0.5, 0.6) is 0 Å². The highest BCUT2D eigenvalue weighted by molar-refractivity contribution is 5.97. The zero-order valence-electron chi connectivity index (χ0n) is 11.0. The predicted octanol–water partition coefficient (Wildman–Crippen LogP) is 0.900. The highest BCUT2D eigenvalue weighted by atomic mass is 16.2. The number of fused-ring (bicyclic) bond motifs is 1. The first-order valence-electron chi connectivity index (χ1n) is 6.67. The Kier molecular flexibility index (Phi) is 3.14. The molecular formula is C14H16N4O2. The quantitative estimate of drug-likeness (QED) is 0.850. The minimum Gasteiger partial charge on any atom is -0.369 e. The number of hydrogen-bond donors (Lipinski definition) is 2. The van der Waals surface area contributed by atoms with Crippen LogP contribution >= 0.6 is 0 Å². The second kappa shape index (κ2) is 4.96. The first kappa shape index (κ1) is 12.7. The summed E-state index contributed by atoms with van der Waals surface area (Å²) in [6, 6.07) is 5.47. The molecule has 3 heterocycles. The van der Waals surface area contributed by atoms with E-state index >= 15 is 0 Å². The average Bonchev–Trinajstić information content (AvgIpc) is 2.90. The molecule has 1 saturated heterocycles. The molecule has 0 saturated carbocycles. The van der Waals surface area contributed by atoms with Gasteiger partial charge in [0.15, 0.2) is 0 Å². The average molecular weight is 272 g/mol. The summed E-state index contributed by atoms with van der Waals surface area (Å²) in [6.45, 7) is 1.13. The number of nitrogens with one attached hydrogen (secondary N) is 1. The number of nitrogens with zero attached hydrogens (tertiary/aromatic N) is 2. The number of likely N-dealkylation sites (tertiary alicyclic amines) is 1. The van der Waals surface area contributed by atoms with Gasteiger partial charge in [-0.25, -0.2) is 0 Å². The zero-order valence-corrected chi connectivity index (χ0v) is 11.0. The summed E-state index contributed by atoms with van der Waals surface area (Å²) in [5.74, 6) is -0.429. The van der Waals surface area contributed by atoms with E-state index in [9.17, 15) is 9.59 Å². The number of carbonyl (C=O) groups excluding carboxylic acids is 2. The molecule has 0 aromatic carbocycles. The van der Waals surface area contributed by atoms with Crippen molar-refractivity contribution in [2.45, 2.75) is 12.8 Å². The third-order valence-corrected chi connectivity index (χ3v) is 3.80. The molecular weight excluding hydrogens is 256 g/mol. The van der Waals surface area contributed by atoms with Gasteiger partial charge in [-0.3, -0.25) is 14.6 Å². The number of pyridine rings is 1. The fourth-order valence-electron chi connectivity index (χ4n) is 2.61. The Morgan fingerprint density at radius 2 is 2.10 bits per heavy atom. The molecule has 0 radical (unpaired) electrons. The van der Waals surface area contributed by atoms with Crippen LogP contribution in [-0.2, 0) is 4.79 Å². The molecule has 3 rings (SSSR count). The Bertz CT molecular complexity index is 623. The lowest BCUT2D eigenvalue weighted by molar-refractivity contribution is -0.123. The Labute approximate surface area is 116 Å². The number of amides is 2. The number of hydrogen-bond acceptors (Lipinski definition) is 3. The molecule has 0 atom stereocenters. The van der Waals surface area contributed by atoms with Gasteiger partial charge < -0.3 is 15.6 Å². The lowest BCUT2D eigenvalue weighted by atomic mass is 9.96. The van der Waals surface area contributed by atoms with Gasteiger partial charge in [-0.05, 0) is 31.0 Å². The lowest BCUT2D eigenvalue weighted by Crippen LogP contribution is -2.41. The number of aromatic nitrogens is 2. The van der Waals surface area contributed by atoms with Crippen LogP contribution in [0.4, 0.5) is 0 Å². The summed E-state index contributed by atoms with van der Waals surface area (Å²) in [7, 11) is 0. The molecule has 2 amide bonds. The molecule has 0 bridgehead atoms. The van der Waals surface area contributed by atoms with Crippen molar-refractivity contribution in [2.24, 2.45) is 11.7 Å². The standard InChI is InChI=1S/C14H16N4O2/c15-13(19)9-3-6-18(7-4-9)14(20)12-8-11-10(17-12)2-1-5-16-11/h1-2,5,8-9,17H,3-4,6-7H2,(H2,15,19). The zero-order chi connectivity index (χ0) is 14.1. The number of piperidine rings is 1. The van der Waals surface area contributed by atoms with E-state index in [0.717, 1.165) is 11.0 Å². The summed E-state index contributed by atoms with van der Waals surface area (Å²) in [5, 5.41) is 0. The summed E-state index contributed by atoms with van der Waals surface area (Å²) in [5.41, 5.74) is 7.46. The van der Waals surface area contributed by atoms with Gasteiger partial charge in [-0.2, -0.15) is 0 Å². The van der Waals surface area contributed by atoms with Gasteiger partial charge in [0.1, 0.15) is 5.69 Å². The van der Waals surface area contributed by atoms with Crippen LogP contribution in [0.15, 0.2) is 24.4 Å². The van der Waals surface area contributed by atoms with Crippen molar-refractivity contribution < 1.29 is 9.59 Å². The number of aromatic amines is 1. The second-order valence-electron chi connectivity index (χ2n) is 5.09. The van der Waals surface area contributed by atoms with Crippen LogP contribution in [-0.4, -0.2) is 39.8 Å². The van der Waals surface area contributed by atoms with Crippen molar-refractivity contribution in [3.63, 3.8) is 0 Å². The number of H-pyrrole nitrogens is 1. The SMILES string of the molecule is NC(=O)C1CCN(C(=O)c2cc3ncccc3[nH]2)CC1. The van der Waals surface area contributed by atoms with E-state index in [1.165, 1.54) is 0 Å². The van der Waals surface area contributed by atoms with Crippen LogP contribution in [0.1, 0.15) is 23.3 Å². The molecule has 2 aromatic rings. The van der Waals surface area contributed by atoms with Gasteiger partial charge in [-0.15, -0.1) is 0 Å². The monoisotopic (exact) mass is 272 g/mol. The Morgan fingerprint density at radius 3 is 2.75 bits per heavy atom. The summed E-state index contributed by atoms with van der Waals surface area (Å²) in [4.78, 5) is 32.6. The normalized spacial score (nSPS) is 16.5. The molecule has 0 unspecified atom stereocenters. The van der Waals surface area contributed by atoms with Gasteiger partial charge in [0.2, 0.25) is 5.91 Å². The topological polar surface area (TPSA) is 92.1 Å². The molecule has 20 heavy (non-hydrogen) atoms. The smallest absolute Gasteiger partial charge is 0.270 e. The van der Waals surface area contributed by atoms with E-state index < -0.39 is 0 Å². The summed E-state index contributed by atoms with van der Waals surface area (Å²) >= 11 is 0. The third kappa shape index (κ3) is 2.24. The summed E-state index contributed by atoms with van der Waals surface area (Å²) in [6.07, 6.45) is 2.97. The highest BCUT2D eigenvalue weighted by Crippen LogP contribution is 2.20. The van der Waals surface area contributed by atoms with Gasteiger partial charge in [0, 0.05) is 25.2 Å². The van der Waals surface area contributed by atoms with Crippen LogP contribution in [0.25, 0.3) is 11.0 Å². The molecule has 0 aliphatic carbocycles. The van der Waals surface area contributed by atoms with Crippen molar-refractivity contribution in [2.75, 3.05) is 13.1 Å². The van der Waals surface area contributed by atoms with Crippen LogP contribution < -0.4 is 5.73 Å². The fourth-order valence-corrected chi connectivity index (χ4v) is 2.61. The van der Waals surface area contributed by atoms with Crippen molar-refractivity contribution in [3.8, 4) is 0 Å². The van der Waals surface area contributed by atoms with E-state index in [1.54, 1.807) is 17.2 Å². The van der Waals surface area contributed by atoms with Gasteiger partial charge >= 0.3 is 0 Å². The minimum absolute atomic E-state index is 0.0501. The highest BCUT2D eigenvalue weighted by Gasteiger charge is 2.27. The minimum atomic E-state index is -0.271. The molecule has 2 aromatic heterocycles. The largest absolute Gasteiger partial charge is 0.369 e. The maximum absolute atomic E-state index is 12.4. The van der Waals surface area contributed by atoms with E-state index in [-0.39, 0.29) is 17.7 Å². The maximum atomic E-state index is 12.4. The molecule has 3 N–H and O–H groups in total. The van der Waals surface area contributed by atoms with E-state index in [0.29, 0.717) is 31.6 Å². The molecule has 6 nitrogen and oxygen atoms in total. The Balaban J connectivity index is 1.75. The number of nitrogens with two attached hydrogens (primary N) is 1. The second-order valence-corrected chi connectivity index (χ2v) is 5.09. The third-order valence-electron chi connectivity index (χ3n) is 3.80. The van der Waals surface area contributed by atoms with Crippen molar-refractivity contribution in [1.29, 1.82) is 0 Å². The van der Waals surface area contributed by atoms with Crippen LogP contribution in [0, 0.1) is 5.92 Å². The van der Waals surface area contributed by atoms with E-state index in [1.807, 2.05) is 12.1 Å². The first-order chi connectivity index (χ1) is 9.65. The molecule has 1 aliphatic heterocycles.